The summed E-state index contributed by atoms with van der Waals surface area (Å²) in [4.78, 5) is 0. The van der Waals surface area contributed by atoms with Crippen molar-refractivity contribution in [2.45, 2.75) is 6.54 Å². The zero-order valence-corrected chi connectivity index (χ0v) is 13.1. The van der Waals surface area contributed by atoms with Crippen LogP contribution >= 0.6 is 27.5 Å². The van der Waals surface area contributed by atoms with Crippen LogP contribution in [0, 0.1) is 11.3 Å². The third-order valence-electron chi connectivity index (χ3n) is 2.84. The quantitative estimate of drug-likeness (QED) is 0.876. The average molecular weight is 352 g/mol. The van der Waals surface area contributed by atoms with E-state index in [1.165, 1.54) is 0 Å². The Morgan fingerprint density at radius 1 is 1.35 bits per heavy atom. The Morgan fingerprint density at radius 3 is 2.80 bits per heavy atom. The number of halogens is 2. The van der Waals surface area contributed by atoms with Crippen molar-refractivity contribution >= 4 is 33.2 Å². The number of para-hydroxylation sites is 1. The number of benzene rings is 2. The lowest BCUT2D eigenvalue weighted by molar-refractivity contribution is 0.416. The lowest BCUT2D eigenvalue weighted by Gasteiger charge is -2.13. The molecule has 0 saturated carbocycles. The summed E-state index contributed by atoms with van der Waals surface area (Å²) in [6.07, 6.45) is 0. The molecule has 0 unspecified atom stereocenters. The molecule has 2 aromatic rings. The molecule has 5 heteroatoms. The summed E-state index contributed by atoms with van der Waals surface area (Å²) in [6, 6.07) is 13.1. The van der Waals surface area contributed by atoms with Gasteiger partial charge in [-0.25, -0.2) is 0 Å². The number of nitrogens with one attached hydrogen (secondary N) is 1. The van der Waals surface area contributed by atoms with Gasteiger partial charge in [0.1, 0.15) is 11.8 Å². The van der Waals surface area contributed by atoms with Crippen molar-refractivity contribution in [2.24, 2.45) is 0 Å². The predicted octanol–water partition coefficient (Wildman–Crippen LogP) is 4.59. The Balaban J connectivity index is 2.25. The van der Waals surface area contributed by atoms with Crippen LogP contribution in [0.1, 0.15) is 11.1 Å². The summed E-state index contributed by atoms with van der Waals surface area (Å²) in [5.41, 5.74) is 2.29. The second kappa shape index (κ2) is 6.65. The van der Waals surface area contributed by atoms with Gasteiger partial charge < -0.3 is 10.1 Å². The van der Waals surface area contributed by atoms with Crippen LogP contribution in [-0.4, -0.2) is 7.11 Å². The van der Waals surface area contributed by atoms with E-state index in [4.69, 9.17) is 21.6 Å². The van der Waals surface area contributed by atoms with Crippen LogP contribution < -0.4 is 10.1 Å². The molecule has 0 aliphatic rings. The first-order valence-electron chi connectivity index (χ1n) is 5.90. The fraction of sp³-hybridized carbons (Fsp3) is 0.133. The van der Waals surface area contributed by atoms with Crippen molar-refractivity contribution in [1.82, 2.24) is 0 Å². The van der Waals surface area contributed by atoms with Crippen LogP contribution in [0.25, 0.3) is 0 Å². The summed E-state index contributed by atoms with van der Waals surface area (Å²) >= 11 is 9.39. The van der Waals surface area contributed by atoms with Crippen molar-refractivity contribution in [3.63, 3.8) is 0 Å². The predicted molar refractivity (Wildman–Crippen MR) is 84.2 cm³/mol. The van der Waals surface area contributed by atoms with E-state index in [-0.39, 0.29) is 0 Å². The largest absolute Gasteiger partial charge is 0.495 e. The summed E-state index contributed by atoms with van der Waals surface area (Å²) in [5, 5.41) is 13.1. The molecular weight excluding hydrogens is 340 g/mol. The Bertz CT molecular complexity index is 667. The van der Waals surface area contributed by atoms with Gasteiger partial charge in [0.25, 0.3) is 0 Å². The van der Waals surface area contributed by atoms with Gasteiger partial charge in [0.2, 0.25) is 0 Å². The maximum atomic E-state index is 9.15. The Kier molecular flexibility index (Phi) is 4.89. The van der Waals surface area contributed by atoms with Crippen LogP contribution in [-0.2, 0) is 6.54 Å². The molecule has 3 nitrogen and oxygen atoms in total. The Morgan fingerprint density at radius 2 is 2.15 bits per heavy atom. The standard InChI is InChI=1S/C15H12BrClN2O/c1-20-14-4-2-3-10(8-18)15(14)19-9-11-5-6-12(17)7-13(11)16/h2-7,19H,9H2,1H3. The molecular formula is C15H12BrClN2O. The maximum Gasteiger partial charge on any atom is 0.143 e. The number of rotatable bonds is 4. The summed E-state index contributed by atoms with van der Waals surface area (Å²) < 4.78 is 6.20. The van der Waals surface area contributed by atoms with Gasteiger partial charge in [-0.3, -0.25) is 0 Å². The van der Waals surface area contributed by atoms with Crippen LogP contribution in [0.5, 0.6) is 5.75 Å². The number of ether oxygens (including phenoxy) is 1. The minimum atomic E-state index is 0.550. The number of hydrogen-bond donors (Lipinski definition) is 1. The minimum absolute atomic E-state index is 0.550. The topological polar surface area (TPSA) is 45.0 Å². The molecule has 2 aromatic carbocycles. The molecule has 0 bridgehead atoms. The highest BCUT2D eigenvalue weighted by atomic mass is 79.9. The SMILES string of the molecule is COc1cccc(C#N)c1NCc1ccc(Cl)cc1Br. The van der Waals surface area contributed by atoms with E-state index in [0.29, 0.717) is 28.6 Å². The number of methoxy groups -OCH3 is 1. The monoisotopic (exact) mass is 350 g/mol. The highest BCUT2D eigenvalue weighted by Crippen LogP contribution is 2.29. The molecule has 0 aromatic heterocycles. The number of anilines is 1. The summed E-state index contributed by atoms with van der Waals surface area (Å²) in [5.74, 6) is 0.647. The number of nitriles is 1. The highest BCUT2D eigenvalue weighted by molar-refractivity contribution is 9.10. The van der Waals surface area contributed by atoms with Crippen molar-refractivity contribution in [3.8, 4) is 11.8 Å². The van der Waals surface area contributed by atoms with E-state index < -0.39 is 0 Å². The molecule has 0 fully saturated rings. The fourth-order valence-electron chi connectivity index (χ4n) is 1.83. The second-order valence-corrected chi connectivity index (χ2v) is 5.37. The number of nitrogens with zero attached hydrogens (tertiary/aromatic N) is 1. The van der Waals surface area contributed by atoms with Crippen LogP contribution in [0.15, 0.2) is 40.9 Å². The van der Waals surface area contributed by atoms with E-state index in [1.807, 2.05) is 24.3 Å². The van der Waals surface area contributed by atoms with Gasteiger partial charge in [0.05, 0.1) is 18.4 Å². The molecule has 0 saturated heterocycles. The normalized spacial score (nSPS) is 9.90. The molecule has 2 rings (SSSR count). The zero-order valence-electron chi connectivity index (χ0n) is 10.8. The van der Waals surface area contributed by atoms with Crippen LogP contribution in [0.2, 0.25) is 5.02 Å². The Hall–Kier alpha value is -1.70. The van der Waals surface area contributed by atoms with Gasteiger partial charge >= 0.3 is 0 Å². The molecule has 20 heavy (non-hydrogen) atoms. The lowest BCUT2D eigenvalue weighted by Crippen LogP contribution is -2.04. The third kappa shape index (κ3) is 3.24. The van der Waals surface area contributed by atoms with Crippen molar-refractivity contribution in [3.05, 3.63) is 57.0 Å². The first-order valence-corrected chi connectivity index (χ1v) is 7.07. The van der Waals surface area contributed by atoms with E-state index in [9.17, 15) is 0 Å². The second-order valence-electron chi connectivity index (χ2n) is 4.08. The molecule has 0 heterocycles. The van der Waals surface area contributed by atoms with Crippen LogP contribution in [0.3, 0.4) is 0 Å². The fourth-order valence-corrected chi connectivity index (χ4v) is 2.65. The van der Waals surface area contributed by atoms with Gasteiger partial charge in [0, 0.05) is 16.0 Å². The van der Waals surface area contributed by atoms with Crippen molar-refractivity contribution in [1.29, 1.82) is 5.26 Å². The lowest BCUT2D eigenvalue weighted by atomic mass is 10.1. The van der Waals surface area contributed by atoms with E-state index in [2.05, 4.69) is 27.3 Å². The van der Waals surface area contributed by atoms with Crippen molar-refractivity contribution in [2.75, 3.05) is 12.4 Å². The molecule has 102 valence electrons. The first-order chi connectivity index (χ1) is 9.65. The molecule has 0 spiro atoms. The van der Waals surface area contributed by atoms with Gasteiger partial charge in [-0.2, -0.15) is 5.26 Å². The number of hydrogen-bond acceptors (Lipinski definition) is 3. The smallest absolute Gasteiger partial charge is 0.143 e. The molecule has 0 amide bonds. The van der Waals surface area contributed by atoms with E-state index >= 15 is 0 Å². The molecule has 0 aliphatic heterocycles. The van der Waals surface area contributed by atoms with Gasteiger partial charge in [0.15, 0.2) is 0 Å². The maximum absolute atomic E-state index is 9.15. The van der Waals surface area contributed by atoms with Gasteiger partial charge in [-0.15, -0.1) is 0 Å². The van der Waals surface area contributed by atoms with E-state index in [0.717, 1.165) is 10.0 Å². The zero-order chi connectivity index (χ0) is 14.5. The molecule has 1 N–H and O–H groups in total. The highest BCUT2D eigenvalue weighted by Gasteiger charge is 2.09. The molecule has 0 atom stereocenters. The van der Waals surface area contributed by atoms with Gasteiger partial charge in [-0.05, 0) is 29.8 Å². The van der Waals surface area contributed by atoms with Gasteiger partial charge in [-0.1, -0.05) is 39.7 Å². The molecule has 0 radical (unpaired) electrons. The third-order valence-corrected chi connectivity index (χ3v) is 3.81. The van der Waals surface area contributed by atoms with Crippen molar-refractivity contribution < 1.29 is 4.74 Å². The average Bonchev–Trinajstić information content (AvgIpc) is 2.46. The summed E-state index contributed by atoms with van der Waals surface area (Å²) in [6.45, 7) is 0.562. The van der Waals surface area contributed by atoms with Crippen LogP contribution in [0.4, 0.5) is 5.69 Å². The minimum Gasteiger partial charge on any atom is -0.495 e. The molecule has 0 aliphatic carbocycles. The first kappa shape index (κ1) is 14.7. The summed E-state index contributed by atoms with van der Waals surface area (Å²) in [7, 11) is 1.58. The Labute approximate surface area is 131 Å². The van der Waals surface area contributed by atoms with E-state index in [1.54, 1.807) is 19.2 Å².